The Morgan fingerprint density at radius 3 is 1.95 bits per heavy atom. The van der Waals surface area contributed by atoms with Crippen molar-refractivity contribution in [2.24, 2.45) is 5.92 Å². The molecule has 2 aliphatic heterocycles. The Labute approximate surface area is 232 Å². The molecule has 0 radical (unpaired) electrons. The lowest BCUT2D eigenvalue weighted by Crippen LogP contribution is -2.67. The second kappa shape index (κ2) is 14.3. The van der Waals surface area contributed by atoms with E-state index in [0.717, 1.165) is 11.1 Å². The zero-order valence-corrected chi connectivity index (χ0v) is 23.1. The number of carbonyl (C=O) groups is 1. The van der Waals surface area contributed by atoms with E-state index in [1.165, 1.54) is 0 Å². The van der Waals surface area contributed by atoms with Gasteiger partial charge >= 0.3 is 6.16 Å². The molecule has 1 aromatic carbocycles. The minimum absolute atomic E-state index is 0.104. The third-order valence-corrected chi connectivity index (χ3v) is 7.34. The van der Waals surface area contributed by atoms with E-state index in [1.807, 2.05) is 45.9 Å². The van der Waals surface area contributed by atoms with Crippen molar-refractivity contribution in [3.05, 3.63) is 29.3 Å². The van der Waals surface area contributed by atoms with E-state index in [0.29, 0.717) is 5.75 Å². The fraction of sp³-hybridized carbons (Fsp3) is 0.741. The van der Waals surface area contributed by atoms with Gasteiger partial charge in [0.05, 0.1) is 38.1 Å². The lowest BCUT2D eigenvalue weighted by atomic mass is 9.79. The van der Waals surface area contributed by atoms with Crippen molar-refractivity contribution in [3.8, 4) is 5.75 Å². The highest BCUT2D eigenvalue weighted by atomic mass is 16.7. The summed E-state index contributed by atoms with van der Waals surface area (Å²) in [6.45, 7) is 6.03. The number of benzene rings is 1. The molecule has 40 heavy (non-hydrogen) atoms. The minimum atomic E-state index is -1.71. The highest BCUT2D eigenvalue weighted by Crippen LogP contribution is 2.37. The van der Waals surface area contributed by atoms with Crippen LogP contribution in [-0.2, 0) is 18.9 Å². The SMILES string of the molecule is CC(C)c1cccc(C(C)C)c1OC(=O)OCCOC1OC(CO)C(C2OC(CO)C(O)C(O)C2O)C(O)C1O. The molecule has 13 nitrogen and oxygen atoms in total. The lowest BCUT2D eigenvalue weighted by molar-refractivity contribution is -0.324. The third kappa shape index (κ3) is 7.10. The Kier molecular flexibility index (Phi) is 11.7. The molecule has 0 amide bonds. The molecule has 3 rings (SSSR count). The molecule has 10 atom stereocenters. The van der Waals surface area contributed by atoms with Gasteiger partial charge in [-0.1, -0.05) is 45.9 Å². The van der Waals surface area contributed by atoms with Crippen molar-refractivity contribution in [3.63, 3.8) is 0 Å². The Bertz CT molecular complexity index is 926. The van der Waals surface area contributed by atoms with Crippen LogP contribution in [0.2, 0.25) is 0 Å². The first kappa shape index (κ1) is 32.6. The number of rotatable bonds is 10. The molecule has 2 heterocycles. The van der Waals surface area contributed by atoms with Gasteiger partial charge in [0.25, 0.3) is 0 Å². The summed E-state index contributed by atoms with van der Waals surface area (Å²) < 4.78 is 27.2. The first-order chi connectivity index (χ1) is 18.9. The van der Waals surface area contributed by atoms with Crippen LogP contribution in [-0.4, -0.2) is 123 Å². The number of para-hydroxylation sites is 1. The van der Waals surface area contributed by atoms with Gasteiger partial charge in [-0.15, -0.1) is 0 Å². The van der Waals surface area contributed by atoms with Crippen LogP contribution in [0.1, 0.15) is 50.7 Å². The molecule has 0 aromatic heterocycles. The van der Waals surface area contributed by atoms with Crippen molar-refractivity contribution in [1.29, 1.82) is 0 Å². The van der Waals surface area contributed by atoms with Crippen LogP contribution >= 0.6 is 0 Å². The molecule has 0 saturated carbocycles. The van der Waals surface area contributed by atoms with Gasteiger partial charge < -0.3 is 59.4 Å². The van der Waals surface area contributed by atoms with Crippen LogP contribution in [0.4, 0.5) is 4.79 Å². The summed E-state index contributed by atoms with van der Waals surface area (Å²) >= 11 is 0. The van der Waals surface area contributed by atoms with Crippen molar-refractivity contribution in [2.45, 2.75) is 94.7 Å². The highest BCUT2D eigenvalue weighted by molar-refractivity contribution is 5.66. The summed E-state index contributed by atoms with van der Waals surface area (Å²) in [6, 6.07) is 5.66. The molecule has 10 unspecified atom stereocenters. The topological polar surface area (TPSA) is 205 Å². The van der Waals surface area contributed by atoms with Gasteiger partial charge in [-0.3, -0.25) is 0 Å². The molecule has 228 valence electrons. The van der Waals surface area contributed by atoms with E-state index in [9.17, 15) is 40.5 Å². The predicted octanol–water partition coefficient (Wildman–Crippen LogP) is -0.637. The van der Waals surface area contributed by atoms with E-state index < -0.39 is 80.4 Å². The highest BCUT2D eigenvalue weighted by Gasteiger charge is 2.55. The molecular formula is C27H42O13. The molecule has 2 aliphatic rings. The molecule has 1 aromatic rings. The number of hydrogen-bond acceptors (Lipinski definition) is 13. The van der Waals surface area contributed by atoms with Gasteiger partial charge in [0.1, 0.15) is 42.9 Å². The third-order valence-electron chi connectivity index (χ3n) is 7.34. The normalized spacial score (nSPS) is 34.7. The molecule has 7 N–H and O–H groups in total. The Morgan fingerprint density at radius 2 is 1.40 bits per heavy atom. The number of ether oxygens (including phenoxy) is 5. The van der Waals surface area contributed by atoms with Crippen LogP contribution in [0.3, 0.4) is 0 Å². The van der Waals surface area contributed by atoms with Gasteiger partial charge in [-0.25, -0.2) is 4.79 Å². The van der Waals surface area contributed by atoms with Crippen molar-refractivity contribution in [2.75, 3.05) is 26.4 Å². The smallest absolute Gasteiger partial charge is 0.432 e. The summed E-state index contributed by atoms with van der Waals surface area (Å²) in [7, 11) is 0. The standard InChI is InChI=1S/C27H42O13/c1-12(2)14-6-5-7-15(13(3)4)24(14)40-27(35)37-9-8-36-26-23(34)20(31)18(16(10-28)39-26)25-22(33)21(32)19(30)17(11-29)38-25/h5-7,12-13,16-23,25-26,28-34H,8-11H2,1-4H3. The minimum Gasteiger partial charge on any atom is -0.432 e. The first-order valence-electron chi connectivity index (χ1n) is 13.4. The number of hydrogen-bond donors (Lipinski definition) is 7. The van der Waals surface area contributed by atoms with Crippen molar-refractivity contribution < 1.29 is 64.2 Å². The zero-order valence-electron chi connectivity index (χ0n) is 23.1. The number of carbonyl (C=O) groups excluding carboxylic acids is 1. The molecule has 13 heteroatoms. The maximum absolute atomic E-state index is 12.4. The molecule has 2 fully saturated rings. The van der Waals surface area contributed by atoms with E-state index in [4.69, 9.17) is 23.7 Å². The summed E-state index contributed by atoms with van der Waals surface area (Å²) in [5.41, 5.74) is 1.72. The Hall–Kier alpha value is -1.91. The van der Waals surface area contributed by atoms with E-state index >= 15 is 0 Å². The fourth-order valence-electron chi connectivity index (χ4n) is 5.11. The van der Waals surface area contributed by atoms with Crippen molar-refractivity contribution in [1.82, 2.24) is 0 Å². The van der Waals surface area contributed by atoms with Crippen LogP contribution < -0.4 is 4.74 Å². The number of aliphatic hydroxyl groups is 7. The van der Waals surface area contributed by atoms with Gasteiger partial charge in [0.2, 0.25) is 0 Å². The second-order valence-electron chi connectivity index (χ2n) is 10.7. The summed E-state index contributed by atoms with van der Waals surface area (Å²) in [4.78, 5) is 12.4. The van der Waals surface area contributed by atoms with Crippen LogP contribution in [0.15, 0.2) is 18.2 Å². The van der Waals surface area contributed by atoms with Gasteiger partial charge in [-0.2, -0.15) is 0 Å². The predicted molar refractivity (Wildman–Crippen MR) is 138 cm³/mol. The van der Waals surface area contributed by atoms with E-state index in [-0.39, 0.29) is 25.0 Å². The van der Waals surface area contributed by atoms with Crippen LogP contribution in [0.5, 0.6) is 5.75 Å². The monoisotopic (exact) mass is 574 g/mol. The molecule has 2 saturated heterocycles. The maximum Gasteiger partial charge on any atom is 0.513 e. The van der Waals surface area contributed by atoms with Crippen LogP contribution in [0.25, 0.3) is 0 Å². The maximum atomic E-state index is 12.4. The summed E-state index contributed by atoms with van der Waals surface area (Å²) in [6.07, 6.45) is -14.6. The average Bonchev–Trinajstić information content (AvgIpc) is 2.92. The van der Waals surface area contributed by atoms with E-state index in [2.05, 4.69) is 0 Å². The fourth-order valence-corrected chi connectivity index (χ4v) is 5.11. The molecule has 0 bridgehead atoms. The van der Waals surface area contributed by atoms with Crippen LogP contribution in [0, 0.1) is 5.92 Å². The summed E-state index contributed by atoms with van der Waals surface area (Å²) in [5.74, 6) is -0.606. The largest absolute Gasteiger partial charge is 0.513 e. The molecular weight excluding hydrogens is 532 g/mol. The zero-order chi connectivity index (χ0) is 29.7. The van der Waals surface area contributed by atoms with Crippen molar-refractivity contribution >= 4 is 6.16 Å². The summed E-state index contributed by atoms with van der Waals surface area (Å²) in [5, 5.41) is 71.4. The molecule has 0 spiro atoms. The second-order valence-corrected chi connectivity index (χ2v) is 10.7. The van der Waals surface area contributed by atoms with Gasteiger partial charge in [-0.05, 0) is 23.0 Å². The van der Waals surface area contributed by atoms with Gasteiger partial charge in [0.15, 0.2) is 6.29 Å². The average molecular weight is 575 g/mol. The lowest BCUT2D eigenvalue weighted by Gasteiger charge is -2.49. The first-order valence-corrected chi connectivity index (χ1v) is 13.4. The Morgan fingerprint density at radius 1 is 0.800 bits per heavy atom. The quantitative estimate of drug-likeness (QED) is 0.106. The van der Waals surface area contributed by atoms with Gasteiger partial charge in [0, 0.05) is 5.92 Å². The Balaban J connectivity index is 1.58. The van der Waals surface area contributed by atoms with E-state index in [1.54, 1.807) is 0 Å². The number of aliphatic hydroxyl groups excluding tert-OH is 7. The molecule has 0 aliphatic carbocycles.